The molecule has 27 heavy (non-hydrogen) atoms. The smallest absolute Gasteiger partial charge is 0.338 e. The Morgan fingerprint density at radius 3 is 2.74 bits per heavy atom. The lowest BCUT2D eigenvalue weighted by Crippen LogP contribution is -2.29. The molecule has 0 bridgehead atoms. The lowest BCUT2D eigenvalue weighted by Gasteiger charge is -2.30. The van der Waals surface area contributed by atoms with Crippen molar-refractivity contribution < 1.29 is 9.53 Å². The maximum absolute atomic E-state index is 12.8. The zero-order valence-electron chi connectivity index (χ0n) is 14.8. The lowest BCUT2D eigenvalue weighted by molar-refractivity contribution is -0.139. The van der Waals surface area contributed by atoms with Crippen LogP contribution in [0.2, 0.25) is 10.0 Å². The van der Waals surface area contributed by atoms with Crippen LogP contribution in [0.4, 0.5) is 5.95 Å². The molecular formula is C20H17Cl2N3O2. The fraction of sp³-hybridized carbons (Fsp3) is 0.200. The molecule has 0 radical (unpaired) electrons. The molecule has 1 aromatic heterocycles. The molecule has 0 saturated heterocycles. The van der Waals surface area contributed by atoms with Crippen molar-refractivity contribution in [2.45, 2.75) is 19.9 Å². The summed E-state index contributed by atoms with van der Waals surface area (Å²) in [7, 11) is 0. The van der Waals surface area contributed by atoms with Crippen LogP contribution >= 0.6 is 23.2 Å². The van der Waals surface area contributed by atoms with Gasteiger partial charge in [0.15, 0.2) is 0 Å². The molecule has 5 nitrogen and oxygen atoms in total. The van der Waals surface area contributed by atoms with Crippen molar-refractivity contribution in [1.82, 2.24) is 9.55 Å². The molecule has 1 aliphatic rings. The number of aromatic nitrogens is 2. The van der Waals surface area contributed by atoms with Gasteiger partial charge in [0.1, 0.15) is 0 Å². The average molecular weight is 402 g/mol. The Morgan fingerprint density at radius 2 is 2.00 bits per heavy atom. The number of carbonyl (C=O) groups excluding carboxylic acids is 1. The second kappa shape index (κ2) is 6.91. The fourth-order valence-electron chi connectivity index (χ4n) is 3.44. The first-order valence-electron chi connectivity index (χ1n) is 8.58. The van der Waals surface area contributed by atoms with Gasteiger partial charge in [-0.05, 0) is 43.7 Å². The Morgan fingerprint density at radius 1 is 1.22 bits per heavy atom. The summed E-state index contributed by atoms with van der Waals surface area (Å²) in [6.07, 6.45) is 0. The lowest BCUT2D eigenvalue weighted by atomic mass is 9.95. The molecule has 4 rings (SSSR count). The SMILES string of the molecule is CCOC(=O)C1=C(C)Nc2nc3ccccc3n2[C@H]1c1ccc(Cl)c(Cl)c1. The highest BCUT2D eigenvalue weighted by Crippen LogP contribution is 2.40. The number of esters is 1. The second-order valence-corrected chi connectivity index (χ2v) is 7.07. The molecule has 3 aromatic rings. The van der Waals surface area contributed by atoms with Crippen LogP contribution in [0.25, 0.3) is 11.0 Å². The van der Waals surface area contributed by atoms with Crippen LogP contribution in [-0.2, 0) is 9.53 Å². The number of carbonyl (C=O) groups is 1. The van der Waals surface area contributed by atoms with Crippen molar-refractivity contribution in [3.63, 3.8) is 0 Å². The van der Waals surface area contributed by atoms with Gasteiger partial charge in [-0.1, -0.05) is 41.4 Å². The number of nitrogens with one attached hydrogen (secondary N) is 1. The monoisotopic (exact) mass is 401 g/mol. The van der Waals surface area contributed by atoms with Gasteiger partial charge in [0.2, 0.25) is 5.95 Å². The molecule has 7 heteroatoms. The third-order valence-corrected chi connectivity index (χ3v) is 5.32. The standard InChI is InChI=1S/C20H17Cl2N3O2/c1-3-27-19(26)17-11(2)23-20-24-15-6-4-5-7-16(15)25(20)18(17)12-8-9-13(21)14(22)10-12/h4-10,18H,3H2,1-2H3,(H,23,24)/t18-/m0/s1. The second-order valence-electron chi connectivity index (χ2n) is 6.25. The van der Waals surface area contributed by atoms with Gasteiger partial charge < -0.3 is 10.1 Å². The number of hydrogen-bond donors (Lipinski definition) is 1. The fourth-order valence-corrected chi connectivity index (χ4v) is 3.74. The summed E-state index contributed by atoms with van der Waals surface area (Å²) in [5.74, 6) is 0.292. The van der Waals surface area contributed by atoms with E-state index in [4.69, 9.17) is 27.9 Å². The van der Waals surface area contributed by atoms with E-state index >= 15 is 0 Å². The molecule has 1 aliphatic heterocycles. The number of fused-ring (bicyclic) bond motifs is 3. The number of benzene rings is 2. The Hall–Kier alpha value is -2.50. The summed E-state index contributed by atoms with van der Waals surface area (Å²) in [6, 6.07) is 12.7. The Labute approximate surface area is 166 Å². The van der Waals surface area contributed by atoms with Gasteiger partial charge in [-0.25, -0.2) is 9.78 Å². The van der Waals surface area contributed by atoms with Crippen molar-refractivity contribution in [1.29, 1.82) is 0 Å². The highest BCUT2D eigenvalue weighted by molar-refractivity contribution is 6.42. The van der Waals surface area contributed by atoms with Crippen LogP contribution < -0.4 is 5.32 Å². The summed E-state index contributed by atoms with van der Waals surface area (Å²) < 4.78 is 7.33. The number of para-hydroxylation sites is 2. The van der Waals surface area contributed by atoms with Crippen molar-refractivity contribution in [2.24, 2.45) is 0 Å². The average Bonchev–Trinajstić information content (AvgIpc) is 3.00. The zero-order valence-corrected chi connectivity index (χ0v) is 16.3. The van der Waals surface area contributed by atoms with Gasteiger partial charge in [0.25, 0.3) is 0 Å². The summed E-state index contributed by atoms with van der Waals surface area (Å²) in [4.78, 5) is 17.5. The number of anilines is 1. The van der Waals surface area contributed by atoms with Gasteiger partial charge in [-0.3, -0.25) is 4.57 Å². The van der Waals surface area contributed by atoms with Crippen molar-refractivity contribution in [2.75, 3.05) is 11.9 Å². The molecule has 0 spiro atoms. The first kappa shape index (κ1) is 17.9. The molecule has 0 saturated carbocycles. The van der Waals surface area contributed by atoms with Crippen LogP contribution in [0.5, 0.6) is 0 Å². The van der Waals surface area contributed by atoms with E-state index < -0.39 is 6.04 Å². The Balaban J connectivity index is 1.99. The van der Waals surface area contributed by atoms with Gasteiger partial charge in [0, 0.05) is 5.70 Å². The van der Waals surface area contributed by atoms with Gasteiger partial charge in [-0.2, -0.15) is 0 Å². The van der Waals surface area contributed by atoms with E-state index in [1.807, 2.05) is 41.8 Å². The third-order valence-electron chi connectivity index (χ3n) is 4.59. The highest BCUT2D eigenvalue weighted by atomic mass is 35.5. The van der Waals surface area contributed by atoms with Gasteiger partial charge >= 0.3 is 5.97 Å². The van der Waals surface area contributed by atoms with Crippen LogP contribution in [-0.4, -0.2) is 22.1 Å². The topological polar surface area (TPSA) is 56.1 Å². The number of halogens is 2. The minimum absolute atomic E-state index is 0.293. The molecule has 0 fully saturated rings. The Kier molecular flexibility index (Phi) is 4.58. The number of ether oxygens (including phenoxy) is 1. The minimum atomic E-state index is -0.428. The normalized spacial score (nSPS) is 16.2. The first-order valence-corrected chi connectivity index (χ1v) is 9.33. The van der Waals surface area contributed by atoms with E-state index in [9.17, 15) is 4.79 Å². The van der Waals surface area contributed by atoms with E-state index in [0.717, 1.165) is 16.6 Å². The van der Waals surface area contributed by atoms with E-state index in [-0.39, 0.29) is 5.97 Å². The van der Waals surface area contributed by atoms with E-state index in [2.05, 4.69) is 10.3 Å². The molecule has 2 heterocycles. The predicted molar refractivity (Wildman–Crippen MR) is 107 cm³/mol. The first-order chi connectivity index (χ1) is 13.0. The van der Waals surface area contributed by atoms with Gasteiger partial charge in [-0.15, -0.1) is 0 Å². The molecule has 1 N–H and O–H groups in total. The third kappa shape index (κ3) is 2.97. The maximum atomic E-state index is 12.8. The Bertz CT molecular complexity index is 1090. The van der Waals surface area contributed by atoms with Crippen molar-refractivity contribution >= 4 is 46.2 Å². The summed E-state index contributed by atoms with van der Waals surface area (Å²) in [5.41, 5.74) is 3.80. The summed E-state index contributed by atoms with van der Waals surface area (Å²) in [6.45, 7) is 3.93. The molecule has 1 atom stereocenters. The largest absolute Gasteiger partial charge is 0.463 e. The molecule has 0 unspecified atom stereocenters. The number of hydrogen-bond acceptors (Lipinski definition) is 4. The van der Waals surface area contributed by atoms with Crippen molar-refractivity contribution in [3.8, 4) is 0 Å². The van der Waals surface area contributed by atoms with Crippen LogP contribution in [0, 0.1) is 0 Å². The van der Waals surface area contributed by atoms with E-state index in [1.54, 1.807) is 19.1 Å². The quantitative estimate of drug-likeness (QED) is 0.613. The molecule has 2 aromatic carbocycles. The van der Waals surface area contributed by atoms with Crippen molar-refractivity contribution in [3.05, 3.63) is 69.3 Å². The molecule has 0 aliphatic carbocycles. The van der Waals surface area contributed by atoms with Crippen LogP contribution in [0.3, 0.4) is 0 Å². The maximum Gasteiger partial charge on any atom is 0.338 e. The molecular weight excluding hydrogens is 385 g/mol. The number of allylic oxidation sites excluding steroid dienone is 1. The van der Waals surface area contributed by atoms with Crippen LogP contribution in [0.1, 0.15) is 25.5 Å². The zero-order chi connectivity index (χ0) is 19.1. The predicted octanol–water partition coefficient (Wildman–Crippen LogP) is 5.20. The van der Waals surface area contributed by atoms with E-state index in [1.165, 1.54) is 0 Å². The molecule has 0 amide bonds. The van der Waals surface area contributed by atoms with E-state index in [0.29, 0.717) is 33.9 Å². The summed E-state index contributed by atoms with van der Waals surface area (Å²) in [5, 5.41) is 4.13. The minimum Gasteiger partial charge on any atom is -0.463 e. The number of imidazole rings is 1. The molecule has 138 valence electrons. The summed E-state index contributed by atoms with van der Waals surface area (Å²) >= 11 is 12.4. The number of rotatable bonds is 3. The van der Waals surface area contributed by atoms with Gasteiger partial charge in [0.05, 0.1) is 39.3 Å². The highest BCUT2D eigenvalue weighted by Gasteiger charge is 2.35. The van der Waals surface area contributed by atoms with Crippen LogP contribution in [0.15, 0.2) is 53.7 Å². The number of nitrogens with zero attached hydrogens (tertiary/aromatic N) is 2.